The molecule has 1 rings (SSSR count). The van der Waals surface area contributed by atoms with Crippen LogP contribution in [0.2, 0.25) is 0 Å². The zero-order valence-electron chi connectivity index (χ0n) is 7.05. The molecule has 0 N–H and O–H groups in total. The highest BCUT2D eigenvalue weighted by atomic mass is 15.1. The van der Waals surface area contributed by atoms with Crippen molar-refractivity contribution in [3.8, 4) is 0 Å². The molecule has 0 aliphatic carbocycles. The quantitative estimate of drug-likeness (QED) is 0.547. The maximum Gasteiger partial charge on any atom is 0.227 e. The zero-order chi connectivity index (χ0) is 7.94. The normalized spacial score (nSPS) is 20.6. The van der Waals surface area contributed by atoms with Gasteiger partial charge in [0.2, 0.25) is 6.54 Å². The first-order chi connectivity index (χ1) is 5.43. The fourth-order valence-electron chi connectivity index (χ4n) is 1.55. The van der Waals surface area contributed by atoms with Gasteiger partial charge in [-0.1, -0.05) is 12.8 Å². The summed E-state index contributed by atoms with van der Waals surface area (Å²) >= 11 is 0. The molecule has 62 valence electrons. The standard InChI is InChI=1S/C9H16N2/c1-10-6-9-11-7-4-2-3-5-8-11/h2-9H2. The summed E-state index contributed by atoms with van der Waals surface area (Å²) in [4.78, 5) is 5.79. The van der Waals surface area contributed by atoms with Gasteiger partial charge in [-0.15, -0.1) is 0 Å². The largest absolute Gasteiger partial charge is 0.316 e. The Balaban J connectivity index is 2.15. The van der Waals surface area contributed by atoms with Crippen molar-refractivity contribution in [2.24, 2.45) is 0 Å². The molecule has 0 bridgehead atoms. The van der Waals surface area contributed by atoms with Gasteiger partial charge in [-0.3, -0.25) is 4.90 Å². The second-order valence-corrected chi connectivity index (χ2v) is 3.14. The van der Waals surface area contributed by atoms with E-state index in [-0.39, 0.29) is 0 Å². The SMILES string of the molecule is [C-]#[N+]CCN1CCCCCC1. The maximum atomic E-state index is 6.67. The van der Waals surface area contributed by atoms with Gasteiger partial charge in [0, 0.05) is 0 Å². The Morgan fingerprint density at radius 1 is 1.09 bits per heavy atom. The monoisotopic (exact) mass is 152 g/mol. The lowest BCUT2D eigenvalue weighted by atomic mass is 10.2. The van der Waals surface area contributed by atoms with Crippen LogP contribution in [0.15, 0.2) is 0 Å². The third-order valence-electron chi connectivity index (χ3n) is 2.23. The topological polar surface area (TPSA) is 7.60 Å². The van der Waals surface area contributed by atoms with Crippen molar-refractivity contribution in [2.45, 2.75) is 25.7 Å². The number of rotatable bonds is 2. The van der Waals surface area contributed by atoms with Crippen LogP contribution in [0.3, 0.4) is 0 Å². The van der Waals surface area contributed by atoms with Crippen LogP contribution in [0.1, 0.15) is 25.7 Å². The number of likely N-dealkylation sites (tertiary alicyclic amines) is 1. The molecule has 0 radical (unpaired) electrons. The number of hydrogen-bond donors (Lipinski definition) is 0. The Labute approximate surface area is 69.0 Å². The summed E-state index contributed by atoms with van der Waals surface area (Å²) in [6.07, 6.45) is 5.43. The molecule has 1 aliphatic heterocycles. The van der Waals surface area contributed by atoms with Crippen molar-refractivity contribution < 1.29 is 0 Å². The van der Waals surface area contributed by atoms with Crippen LogP contribution in [0.5, 0.6) is 0 Å². The van der Waals surface area contributed by atoms with Gasteiger partial charge in [-0.05, 0) is 25.9 Å². The van der Waals surface area contributed by atoms with E-state index in [1.807, 2.05) is 0 Å². The summed E-state index contributed by atoms with van der Waals surface area (Å²) in [5, 5.41) is 0. The van der Waals surface area contributed by atoms with Crippen LogP contribution in [-0.2, 0) is 0 Å². The number of nitrogens with zero attached hydrogens (tertiary/aromatic N) is 2. The van der Waals surface area contributed by atoms with Crippen LogP contribution in [0.25, 0.3) is 4.85 Å². The molecule has 0 unspecified atom stereocenters. The lowest BCUT2D eigenvalue weighted by Gasteiger charge is -2.15. The Morgan fingerprint density at radius 2 is 1.73 bits per heavy atom. The smallest absolute Gasteiger partial charge is 0.227 e. The van der Waals surface area contributed by atoms with E-state index in [2.05, 4.69) is 9.74 Å². The highest BCUT2D eigenvalue weighted by Crippen LogP contribution is 2.08. The summed E-state index contributed by atoms with van der Waals surface area (Å²) < 4.78 is 0. The van der Waals surface area contributed by atoms with Crippen molar-refractivity contribution in [3.05, 3.63) is 11.4 Å². The highest BCUT2D eigenvalue weighted by molar-refractivity contribution is 4.68. The molecule has 1 aliphatic rings. The third-order valence-corrected chi connectivity index (χ3v) is 2.23. The molecule has 0 spiro atoms. The van der Waals surface area contributed by atoms with Crippen LogP contribution >= 0.6 is 0 Å². The van der Waals surface area contributed by atoms with Crippen molar-refractivity contribution in [2.75, 3.05) is 26.2 Å². The minimum Gasteiger partial charge on any atom is -0.316 e. The Morgan fingerprint density at radius 3 is 2.27 bits per heavy atom. The minimum absolute atomic E-state index is 0.681. The second kappa shape index (κ2) is 5.15. The van der Waals surface area contributed by atoms with Crippen LogP contribution in [-0.4, -0.2) is 31.1 Å². The lowest BCUT2D eigenvalue weighted by Crippen LogP contribution is -2.26. The van der Waals surface area contributed by atoms with Gasteiger partial charge in [0.05, 0.1) is 6.54 Å². The molecule has 0 atom stereocenters. The van der Waals surface area contributed by atoms with E-state index in [1.54, 1.807) is 0 Å². The van der Waals surface area contributed by atoms with Crippen molar-refractivity contribution in [1.29, 1.82) is 0 Å². The average molecular weight is 152 g/mol. The molecule has 0 amide bonds. The lowest BCUT2D eigenvalue weighted by molar-refractivity contribution is 0.298. The first kappa shape index (κ1) is 8.55. The van der Waals surface area contributed by atoms with Crippen LogP contribution in [0.4, 0.5) is 0 Å². The fourth-order valence-corrected chi connectivity index (χ4v) is 1.55. The van der Waals surface area contributed by atoms with E-state index in [0.717, 1.165) is 6.54 Å². The van der Waals surface area contributed by atoms with Crippen LogP contribution in [0, 0.1) is 6.57 Å². The van der Waals surface area contributed by atoms with Gasteiger partial charge in [-0.2, -0.15) is 0 Å². The Bertz CT molecular complexity index is 129. The van der Waals surface area contributed by atoms with Gasteiger partial charge in [0.25, 0.3) is 0 Å². The van der Waals surface area contributed by atoms with Gasteiger partial charge in [-0.25, -0.2) is 6.57 Å². The van der Waals surface area contributed by atoms with E-state index in [1.165, 1.54) is 38.8 Å². The van der Waals surface area contributed by atoms with Crippen molar-refractivity contribution >= 4 is 0 Å². The van der Waals surface area contributed by atoms with Gasteiger partial charge < -0.3 is 4.85 Å². The Hall–Kier alpha value is -0.550. The molecule has 0 saturated carbocycles. The molecule has 11 heavy (non-hydrogen) atoms. The van der Waals surface area contributed by atoms with E-state index < -0.39 is 0 Å². The van der Waals surface area contributed by atoms with E-state index in [9.17, 15) is 0 Å². The minimum atomic E-state index is 0.681. The summed E-state index contributed by atoms with van der Waals surface area (Å²) in [6, 6.07) is 0. The van der Waals surface area contributed by atoms with Gasteiger partial charge in [0.15, 0.2) is 0 Å². The molecular formula is C9H16N2. The first-order valence-electron chi connectivity index (χ1n) is 4.49. The van der Waals surface area contributed by atoms with Gasteiger partial charge in [0.1, 0.15) is 0 Å². The second-order valence-electron chi connectivity index (χ2n) is 3.14. The van der Waals surface area contributed by atoms with E-state index in [0.29, 0.717) is 6.54 Å². The maximum absolute atomic E-state index is 6.67. The fraction of sp³-hybridized carbons (Fsp3) is 0.889. The molecule has 1 fully saturated rings. The summed E-state index contributed by atoms with van der Waals surface area (Å²) in [5.74, 6) is 0. The average Bonchev–Trinajstić information content (AvgIpc) is 2.28. The molecule has 0 aromatic heterocycles. The van der Waals surface area contributed by atoms with Crippen LogP contribution < -0.4 is 0 Å². The van der Waals surface area contributed by atoms with E-state index in [4.69, 9.17) is 6.57 Å². The molecular weight excluding hydrogens is 136 g/mol. The predicted octanol–water partition coefficient (Wildman–Crippen LogP) is 1.78. The zero-order valence-corrected chi connectivity index (χ0v) is 7.05. The van der Waals surface area contributed by atoms with Crippen molar-refractivity contribution in [1.82, 2.24) is 4.90 Å². The van der Waals surface area contributed by atoms with E-state index >= 15 is 0 Å². The summed E-state index contributed by atoms with van der Waals surface area (Å²) in [5.41, 5.74) is 0. The highest BCUT2D eigenvalue weighted by Gasteiger charge is 2.08. The number of hydrogen-bond acceptors (Lipinski definition) is 1. The van der Waals surface area contributed by atoms with Crippen molar-refractivity contribution in [3.63, 3.8) is 0 Å². The molecule has 1 saturated heterocycles. The summed E-state index contributed by atoms with van der Waals surface area (Å²) in [6.45, 7) is 10.8. The molecule has 0 aromatic rings. The molecule has 2 heteroatoms. The van der Waals surface area contributed by atoms with Gasteiger partial charge >= 0.3 is 0 Å². The predicted molar refractivity (Wildman–Crippen MR) is 46.4 cm³/mol. The molecule has 1 heterocycles. The molecule has 0 aromatic carbocycles. The third kappa shape index (κ3) is 3.38. The Kier molecular flexibility index (Phi) is 4.00. The molecule has 2 nitrogen and oxygen atoms in total. The first-order valence-corrected chi connectivity index (χ1v) is 4.49. The summed E-state index contributed by atoms with van der Waals surface area (Å²) in [7, 11) is 0.